The van der Waals surface area contributed by atoms with Crippen molar-refractivity contribution < 1.29 is 108 Å². The van der Waals surface area contributed by atoms with Crippen LogP contribution in [-0.4, -0.2) is 288 Å². The standard InChI is InChI=1S/C53H87N15O22S/c1-22(58-43(79)30(19-69)63-46(82)36(24(3)71)64-41(77)27(54)21-91)48(84)66-15-7-12-32(66)45(81)62-29(18-35(73)74)42(78)65-37(25(4)89-52-38(60-26(5)72)40(76)39(75)34(20-70)90-52)47(83)61-28(10-6-14-57-53(55)56)50(86)67-16-8-11-31(67)44(80)59-23(2)49(85)68-17-9-13-33(68)51(87)88/h22-25,27-34,36-40,52,69-71,75-76,91H,6-21,54H2,1-5H3,(H,58,79)(H,59,80)(H,60,72)(H,61,83)(H,62,81)(H,63,82)(H,64,77)(H,65,78)(H,73,74)(H,87,88)(H4,55,56,57)/t22-,23-,24+,25+,27-,28-,29-,30-,31-,32-,33-,34+,36-,37-,38+,39-,40+,52-/m0/s1. The fourth-order valence-electron chi connectivity index (χ4n) is 10.7. The van der Waals surface area contributed by atoms with Crippen molar-refractivity contribution >= 4 is 95.5 Å². The van der Waals surface area contributed by atoms with E-state index in [1.165, 1.54) is 13.8 Å². The van der Waals surface area contributed by atoms with Crippen LogP contribution in [0.1, 0.15) is 92.4 Å². The second-order valence-electron chi connectivity index (χ2n) is 22.6. The third kappa shape index (κ3) is 21.0. The molecule has 0 aromatic rings. The topological polar surface area (TPSA) is 578 Å². The first-order valence-electron chi connectivity index (χ1n) is 29.5. The number of guanidine groups is 1. The van der Waals surface area contributed by atoms with E-state index in [0.717, 1.165) is 35.5 Å². The number of nitrogens with one attached hydrogen (secondary N) is 8. The summed E-state index contributed by atoms with van der Waals surface area (Å²) >= 11 is 3.92. The zero-order valence-corrected chi connectivity index (χ0v) is 51.8. The van der Waals surface area contributed by atoms with Crippen LogP contribution in [0.4, 0.5) is 0 Å². The summed E-state index contributed by atoms with van der Waals surface area (Å²) in [5, 5.41) is 90.6. The molecule has 4 aliphatic heterocycles. The van der Waals surface area contributed by atoms with Gasteiger partial charge in [0, 0.05) is 38.9 Å². The fraction of sp³-hybridized carbons (Fsp3) is 0.736. The average Bonchev–Trinajstić information content (AvgIpc) is 1.84. The van der Waals surface area contributed by atoms with Gasteiger partial charge in [0.15, 0.2) is 12.2 Å². The van der Waals surface area contributed by atoms with Crippen molar-refractivity contribution in [2.75, 3.05) is 45.1 Å². The second-order valence-corrected chi connectivity index (χ2v) is 22.9. The Labute approximate surface area is 527 Å². The number of nitrogens with zero attached hydrogens (tertiary/aromatic N) is 4. The first-order chi connectivity index (χ1) is 42.8. The maximum absolute atomic E-state index is 14.9. The van der Waals surface area contributed by atoms with Crippen LogP contribution in [0.2, 0.25) is 0 Å². The number of likely N-dealkylation sites (tertiary alicyclic amines) is 3. The smallest absolute Gasteiger partial charge is 0.326 e. The highest BCUT2D eigenvalue weighted by Gasteiger charge is 2.49. The highest BCUT2D eigenvalue weighted by atomic mass is 32.1. The lowest BCUT2D eigenvalue weighted by Gasteiger charge is -2.43. The Kier molecular flexibility index (Phi) is 29.4. The minimum absolute atomic E-state index is 0.0215. The van der Waals surface area contributed by atoms with Gasteiger partial charge in [-0.3, -0.25) is 62.5 Å². The molecule has 91 heavy (non-hydrogen) atoms. The molecular formula is C53H87N15O22S. The Bertz CT molecular complexity index is 2680. The van der Waals surface area contributed by atoms with Gasteiger partial charge in [-0.2, -0.15) is 12.6 Å². The summed E-state index contributed by atoms with van der Waals surface area (Å²) in [6, 6.07) is -18.5. The second kappa shape index (κ2) is 35.3. The quantitative estimate of drug-likeness (QED) is 0.0129. The summed E-state index contributed by atoms with van der Waals surface area (Å²) in [4.78, 5) is 182. The SMILES string of the molecule is CC(=O)N[C@H]1[C@@H](O[C@H](C)[C@H](NC(=O)[C@H](CC(=O)O)NC(=O)[C@@H]2CCCN2C(=O)[C@H](C)NC(=O)[C@H](CO)NC(=O)[C@@H](NC(=O)[C@@H](N)CS)[C@@H](C)O)C(=O)N[C@@H](CCCN=C(N)N)C(=O)N2CCC[C@H]2C(=O)N[C@@H](C)C(=O)N2CCC[C@H]2C(=O)O)O[C@H](CO)[C@H](O)[C@@H]1O. The summed E-state index contributed by atoms with van der Waals surface area (Å²) in [5.41, 5.74) is 16.7. The molecule has 38 heteroatoms. The van der Waals surface area contributed by atoms with Crippen LogP contribution in [0.5, 0.6) is 0 Å². The van der Waals surface area contributed by atoms with E-state index >= 15 is 0 Å². The molecule has 0 radical (unpaired) electrons. The molecule has 4 saturated heterocycles. The lowest BCUT2D eigenvalue weighted by molar-refractivity contribution is -0.281. The molecule has 0 unspecified atom stereocenters. The lowest BCUT2D eigenvalue weighted by atomic mass is 9.96. The number of carboxylic acids is 2. The highest BCUT2D eigenvalue weighted by Crippen LogP contribution is 2.26. The summed E-state index contributed by atoms with van der Waals surface area (Å²) in [6.45, 7) is 3.77. The van der Waals surface area contributed by atoms with E-state index in [4.69, 9.17) is 26.7 Å². The van der Waals surface area contributed by atoms with Gasteiger partial charge in [-0.05, 0) is 79.1 Å². The van der Waals surface area contributed by atoms with E-state index in [9.17, 15) is 98.1 Å². The molecule has 37 nitrogen and oxygen atoms in total. The van der Waals surface area contributed by atoms with Gasteiger partial charge in [-0.15, -0.1) is 0 Å². The monoisotopic (exact) mass is 1320 g/mol. The third-order valence-corrected chi connectivity index (χ3v) is 16.0. The van der Waals surface area contributed by atoms with Crippen molar-refractivity contribution in [3.05, 3.63) is 0 Å². The molecule has 4 fully saturated rings. The summed E-state index contributed by atoms with van der Waals surface area (Å²) in [6.07, 6.45) is -10.9. The van der Waals surface area contributed by atoms with Crippen LogP contribution in [0.25, 0.3) is 0 Å². The number of thiol groups is 1. The summed E-state index contributed by atoms with van der Waals surface area (Å²) in [5.74, 6) is -14.3. The Morgan fingerprint density at radius 1 is 0.648 bits per heavy atom. The number of aliphatic imine (C=N–C) groups is 1. The molecule has 4 aliphatic rings. The number of carboxylic acid groups (broad SMARTS) is 2. The van der Waals surface area contributed by atoms with Crippen molar-refractivity contribution in [1.29, 1.82) is 0 Å². The van der Waals surface area contributed by atoms with Gasteiger partial charge in [-0.1, -0.05) is 0 Å². The molecule has 0 aromatic heterocycles. The van der Waals surface area contributed by atoms with Crippen LogP contribution in [0.3, 0.4) is 0 Å². The number of hydrogen-bond donors (Lipinski definition) is 19. The number of aliphatic carboxylic acids is 2. The minimum atomic E-state index is -2.09. The predicted molar refractivity (Wildman–Crippen MR) is 315 cm³/mol. The van der Waals surface area contributed by atoms with Crippen LogP contribution in [0, 0.1) is 0 Å². The van der Waals surface area contributed by atoms with Crippen molar-refractivity contribution in [1.82, 2.24) is 57.2 Å². The van der Waals surface area contributed by atoms with Gasteiger partial charge >= 0.3 is 11.9 Å². The number of nitrogens with two attached hydrogens (primary N) is 3. The molecule has 4 rings (SSSR count). The minimum Gasteiger partial charge on any atom is -0.481 e. The van der Waals surface area contributed by atoms with Crippen molar-refractivity contribution in [3.8, 4) is 0 Å². The van der Waals surface area contributed by atoms with Crippen LogP contribution >= 0.6 is 12.6 Å². The lowest BCUT2D eigenvalue weighted by Crippen LogP contribution is -2.66. The first-order valence-corrected chi connectivity index (χ1v) is 30.2. The molecule has 0 spiro atoms. The van der Waals surface area contributed by atoms with E-state index in [1.54, 1.807) is 0 Å². The number of amides is 11. The fourth-order valence-corrected chi connectivity index (χ4v) is 10.9. The van der Waals surface area contributed by atoms with Gasteiger partial charge in [-0.25, -0.2) is 4.79 Å². The Morgan fingerprint density at radius 2 is 1.15 bits per heavy atom. The van der Waals surface area contributed by atoms with Gasteiger partial charge in [0.2, 0.25) is 65.0 Å². The maximum Gasteiger partial charge on any atom is 0.326 e. The molecule has 0 bridgehead atoms. The van der Waals surface area contributed by atoms with Crippen molar-refractivity contribution in [3.63, 3.8) is 0 Å². The average molecular weight is 1320 g/mol. The zero-order valence-electron chi connectivity index (χ0n) is 50.9. The molecule has 21 N–H and O–H groups in total. The van der Waals surface area contributed by atoms with Gasteiger partial charge in [0.1, 0.15) is 84.8 Å². The van der Waals surface area contributed by atoms with E-state index in [2.05, 4.69) is 60.2 Å². The Morgan fingerprint density at radius 3 is 1.67 bits per heavy atom. The van der Waals surface area contributed by atoms with Crippen LogP contribution in [0.15, 0.2) is 4.99 Å². The molecule has 512 valence electrons. The van der Waals surface area contributed by atoms with Gasteiger partial charge in [0.05, 0.1) is 37.9 Å². The highest BCUT2D eigenvalue weighted by molar-refractivity contribution is 7.80. The number of aliphatic hydroxyl groups is 5. The molecule has 11 amide bonds. The molecule has 4 heterocycles. The molecule has 0 saturated carbocycles. The summed E-state index contributed by atoms with van der Waals surface area (Å²) < 4.78 is 11.8. The van der Waals surface area contributed by atoms with Crippen molar-refractivity contribution in [2.45, 2.75) is 202 Å². The number of aliphatic hydroxyl groups excluding tert-OH is 5. The summed E-state index contributed by atoms with van der Waals surface area (Å²) in [7, 11) is 0. The van der Waals surface area contributed by atoms with Crippen LogP contribution in [-0.2, 0) is 71.8 Å². The Hall–Kier alpha value is -7.59. The predicted octanol–water partition coefficient (Wildman–Crippen LogP) is -10.0. The van der Waals surface area contributed by atoms with Gasteiger partial charge < -0.3 is 120 Å². The molecular weight excluding hydrogens is 1230 g/mol. The number of carbonyl (C=O) groups excluding carboxylic acids is 11. The van der Waals surface area contributed by atoms with E-state index in [-0.39, 0.29) is 82.8 Å². The third-order valence-electron chi connectivity index (χ3n) is 15.6. The van der Waals surface area contributed by atoms with E-state index in [1.807, 2.05) is 0 Å². The number of hydrogen-bond acceptors (Lipinski definition) is 23. The molecule has 18 atom stereocenters. The molecule has 0 aromatic carbocycles. The normalized spacial score (nSPS) is 24.6. The van der Waals surface area contributed by atoms with Crippen LogP contribution < -0.4 is 59.7 Å². The van der Waals surface area contributed by atoms with E-state index < -0.39 is 206 Å². The number of ether oxygens (including phenoxy) is 2. The van der Waals surface area contributed by atoms with Gasteiger partial charge in [0.25, 0.3) is 0 Å². The van der Waals surface area contributed by atoms with E-state index in [0.29, 0.717) is 6.42 Å². The number of carbonyl (C=O) groups is 13. The molecule has 0 aliphatic carbocycles. The first kappa shape index (κ1) is 75.9. The largest absolute Gasteiger partial charge is 0.481 e. The zero-order chi connectivity index (χ0) is 68.3. The maximum atomic E-state index is 14.9. The Balaban J connectivity index is 1.64. The number of rotatable bonds is 32. The van der Waals surface area contributed by atoms with Crippen molar-refractivity contribution in [2.24, 2.45) is 22.2 Å².